The van der Waals surface area contributed by atoms with Crippen molar-refractivity contribution in [2.75, 3.05) is 14.2 Å². The molecule has 0 unspecified atom stereocenters. The molecule has 1 rings (SSSR count). The van der Waals surface area contributed by atoms with Gasteiger partial charge in [-0.2, -0.15) is 0 Å². The number of benzene rings is 1. The molecule has 0 amide bonds. The molecule has 0 aliphatic rings. The van der Waals surface area contributed by atoms with Crippen LogP contribution in [0.4, 0.5) is 0 Å². The molecular weight excluding hydrogens is 210 g/mol. The predicted molar refractivity (Wildman–Crippen MR) is 73.9 cm³/mol. The van der Waals surface area contributed by atoms with Crippen LogP contribution in [-0.4, -0.2) is 19.7 Å². The van der Waals surface area contributed by atoms with E-state index in [4.69, 9.17) is 4.74 Å². The lowest BCUT2D eigenvalue weighted by molar-refractivity contribution is 0.404. The maximum Gasteiger partial charge on any atom is 0.122 e. The van der Waals surface area contributed by atoms with Crippen LogP contribution >= 0.6 is 0 Å². The van der Waals surface area contributed by atoms with E-state index in [0.29, 0.717) is 5.92 Å². The molecule has 0 aromatic heterocycles. The Kier molecular flexibility index (Phi) is 4.58. The second-order valence-corrected chi connectivity index (χ2v) is 5.54. The molecule has 1 N–H and O–H groups in total. The largest absolute Gasteiger partial charge is 0.496 e. The molecule has 96 valence electrons. The van der Waals surface area contributed by atoms with Gasteiger partial charge in [-0.15, -0.1) is 0 Å². The Morgan fingerprint density at radius 1 is 1.29 bits per heavy atom. The summed E-state index contributed by atoms with van der Waals surface area (Å²) in [5.41, 5.74) is 2.77. The van der Waals surface area contributed by atoms with E-state index >= 15 is 0 Å². The smallest absolute Gasteiger partial charge is 0.122 e. The van der Waals surface area contributed by atoms with E-state index in [1.54, 1.807) is 7.11 Å². The molecule has 0 fully saturated rings. The minimum Gasteiger partial charge on any atom is -0.496 e. The average molecular weight is 235 g/mol. The topological polar surface area (TPSA) is 21.3 Å². The number of methoxy groups -OCH3 is 1. The van der Waals surface area contributed by atoms with E-state index < -0.39 is 0 Å². The van der Waals surface area contributed by atoms with E-state index in [-0.39, 0.29) is 5.54 Å². The third kappa shape index (κ3) is 3.74. The molecule has 0 spiro atoms. The van der Waals surface area contributed by atoms with Gasteiger partial charge >= 0.3 is 0 Å². The monoisotopic (exact) mass is 235 g/mol. The first-order valence-electron chi connectivity index (χ1n) is 6.25. The van der Waals surface area contributed by atoms with Gasteiger partial charge in [0.25, 0.3) is 0 Å². The highest BCUT2D eigenvalue weighted by atomic mass is 16.5. The standard InChI is InChI=1S/C15H25NO/c1-11(2)13-9-12(7-8-14(13)17-6)10-15(3,4)16-5/h7-9,11,16H,10H2,1-6H3. The molecular formula is C15H25NO. The minimum atomic E-state index is 0.128. The van der Waals surface area contributed by atoms with Crippen LogP contribution in [-0.2, 0) is 6.42 Å². The van der Waals surface area contributed by atoms with Crippen molar-refractivity contribution in [3.63, 3.8) is 0 Å². The lowest BCUT2D eigenvalue weighted by Crippen LogP contribution is -2.38. The van der Waals surface area contributed by atoms with Crippen LogP contribution in [0.15, 0.2) is 18.2 Å². The maximum absolute atomic E-state index is 5.40. The van der Waals surface area contributed by atoms with Crippen LogP contribution in [0, 0.1) is 0 Å². The first-order valence-corrected chi connectivity index (χ1v) is 6.25. The molecule has 0 bridgehead atoms. The van der Waals surface area contributed by atoms with Crippen molar-refractivity contribution in [2.45, 2.75) is 45.6 Å². The van der Waals surface area contributed by atoms with Crippen molar-refractivity contribution in [3.8, 4) is 5.75 Å². The highest BCUT2D eigenvalue weighted by Crippen LogP contribution is 2.28. The molecule has 0 radical (unpaired) electrons. The number of rotatable bonds is 5. The fourth-order valence-electron chi connectivity index (χ4n) is 1.94. The van der Waals surface area contributed by atoms with E-state index in [1.165, 1.54) is 11.1 Å². The Morgan fingerprint density at radius 3 is 2.41 bits per heavy atom. The van der Waals surface area contributed by atoms with E-state index in [9.17, 15) is 0 Å². The molecule has 1 aromatic rings. The molecule has 0 saturated heterocycles. The number of likely N-dealkylation sites (N-methyl/N-ethyl adjacent to an activating group) is 1. The van der Waals surface area contributed by atoms with Crippen molar-refractivity contribution in [1.82, 2.24) is 5.32 Å². The summed E-state index contributed by atoms with van der Waals surface area (Å²) in [6.07, 6.45) is 1.02. The van der Waals surface area contributed by atoms with E-state index in [0.717, 1.165) is 12.2 Å². The Labute approximate surface area is 105 Å². The second-order valence-electron chi connectivity index (χ2n) is 5.54. The van der Waals surface area contributed by atoms with Gasteiger partial charge in [0.2, 0.25) is 0 Å². The summed E-state index contributed by atoms with van der Waals surface area (Å²) in [5, 5.41) is 3.34. The third-order valence-electron chi connectivity index (χ3n) is 3.24. The van der Waals surface area contributed by atoms with Crippen LogP contribution in [0.3, 0.4) is 0 Å². The van der Waals surface area contributed by atoms with Crippen molar-refractivity contribution in [3.05, 3.63) is 29.3 Å². The number of hydrogen-bond acceptors (Lipinski definition) is 2. The van der Waals surface area contributed by atoms with Crippen LogP contribution in [0.25, 0.3) is 0 Å². The summed E-state index contributed by atoms with van der Waals surface area (Å²) < 4.78 is 5.40. The quantitative estimate of drug-likeness (QED) is 0.845. The SMILES string of the molecule is CNC(C)(C)Cc1ccc(OC)c(C(C)C)c1. The Hall–Kier alpha value is -1.02. The van der Waals surface area contributed by atoms with Gasteiger partial charge in [0, 0.05) is 5.54 Å². The summed E-state index contributed by atoms with van der Waals surface area (Å²) in [7, 11) is 3.74. The van der Waals surface area contributed by atoms with E-state index in [2.05, 4.69) is 51.2 Å². The number of ether oxygens (including phenoxy) is 1. The Bertz CT molecular complexity index is 369. The molecule has 0 aliphatic carbocycles. The molecule has 0 heterocycles. The van der Waals surface area contributed by atoms with Gasteiger partial charge < -0.3 is 10.1 Å². The Balaban J connectivity index is 3.00. The summed E-state index contributed by atoms with van der Waals surface area (Å²) in [6, 6.07) is 6.50. The predicted octanol–water partition coefficient (Wildman–Crippen LogP) is 3.36. The summed E-state index contributed by atoms with van der Waals surface area (Å²) >= 11 is 0. The molecule has 2 nitrogen and oxygen atoms in total. The number of hydrogen-bond donors (Lipinski definition) is 1. The zero-order valence-corrected chi connectivity index (χ0v) is 11.9. The molecule has 2 heteroatoms. The molecule has 0 saturated carbocycles. The van der Waals surface area contributed by atoms with Gasteiger partial charge in [-0.3, -0.25) is 0 Å². The van der Waals surface area contributed by atoms with Gasteiger partial charge in [-0.05, 0) is 50.4 Å². The first kappa shape index (κ1) is 14.0. The first-order chi connectivity index (χ1) is 7.89. The Morgan fingerprint density at radius 2 is 1.94 bits per heavy atom. The van der Waals surface area contributed by atoms with Gasteiger partial charge in [0.15, 0.2) is 0 Å². The fourth-order valence-corrected chi connectivity index (χ4v) is 1.94. The van der Waals surface area contributed by atoms with Gasteiger partial charge in [-0.25, -0.2) is 0 Å². The van der Waals surface area contributed by atoms with Crippen LogP contribution in [0.1, 0.15) is 44.7 Å². The van der Waals surface area contributed by atoms with Crippen LogP contribution in [0.5, 0.6) is 5.75 Å². The van der Waals surface area contributed by atoms with Gasteiger partial charge in [0.1, 0.15) is 5.75 Å². The summed E-state index contributed by atoms with van der Waals surface area (Å²) in [4.78, 5) is 0. The van der Waals surface area contributed by atoms with Crippen molar-refractivity contribution >= 4 is 0 Å². The lowest BCUT2D eigenvalue weighted by atomic mass is 9.92. The third-order valence-corrected chi connectivity index (χ3v) is 3.24. The number of nitrogens with one attached hydrogen (secondary N) is 1. The summed E-state index contributed by atoms with van der Waals surface area (Å²) in [5.74, 6) is 1.48. The molecule has 0 aliphatic heterocycles. The van der Waals surface area contributed by atoms with Crippen LogP contribution in [0.2, 0.25) is 0 Å². The van der Waals surface area contributed by atoms with Crippen molar-refractivity contribution in [2.24, 2.45) is 0 Å². The molecule has 0 atom stereocenters. The van der Waals surface area contributed by atoms with Crippen molar-refractivity contribution < 1.29 is 4.74 Å². The molecule has 17 heavy (non-hydrogen) atoms. The van der Waals surface area contributed by atoms with Crippen molar-refractivity contribution in [1.29, 1.82) is 0 Å². The highest BCUT2D eigenvalue weighted by Gasteiger charge is 2.17. The summed E-state index contributed by atoms with van der Waals surface area (Å²) in [6.45, 7) is 8.83. The van der Waals surface area contributed by atoms with Gasteiger partial charge in [0.05, 0.1) is 7.11 Å². The van der Waals surface area contributed by atoms with Gasteiger partial charge in [-0.1, -0.05) is 26.0 Å². The van der Waals surface area contributed by atoms with Crippen LogP contribution < -0.4 is 10.1 Å². The maximum atomic E-state index is 5.40. The second kappa shape index (κ2) is 5.54. The minimum absolute atomic E-state index is 0.128. The fraction of sp³-hybridized carbons (Fsp3) is 0.600. The normalized spacial score (nSPS) is 11.9. The zero-order valence-electron chi connectivity index (χ0n) is 11.9. The highest BCUT2D eigenvalue weighted by molar-refractivity contribution is 5.39. The lowest BCUT2D eigenvalue weighted by Gasteiger charge is -2.25. The molecule has 1 aromatic carbocycles. The van der Waals surface area contributed by atoms with E-state index in [1.807, 2.05) is 7.05 Å². The zero-order chi connectivity index (χ0) is 13.1. The average Bonchev–Trinajstić information content (AvgIpc) is 2.28.